The molecule has 60 valence electrons. The number of rotatable bonds is 1. The van der Waals surface area contributed by atoms with Crippen LogP contribution in [0.3, 0.4) is 0 Å². The third-order valence-corrected chi connectivity index (χ3v) is 1.57. The van der Waals surface area contributed by atoms with Crippen molar-refractivity contribution in [2.45, 2.75) is 0 Å². The highest BCUT2D eigenvalue weighted by atomic mass is 35.5. The Bertz CT molecular complexity index is 282. The summed E-state index contributed by atoms with van der Waals surface area (Å²) < 4.78 is 4.42. The number of esters is 1. The monoisotopic (exact) mass is 174 g/mol. The number of halogens is 1. The van der Waals surface area contributed by atoms with Crippen LogP contribution in [-0.4, -0.2) is 18.1 Å². The summed E-state index contributed by atoms with van der Waals surface area (Å²) in [6, 6.07) is 0. The van der Waals surface area contributed by atoms with E-state index in [9.17, 15) is 4.79 Å². The van der Waals surface area contributed by atoms with Crippen molar-refractivity contribution in [3.63, 3.8) is 0 Å². The van der Waals surface area contributed by atoms with Crippen LogP contribution in [0.1, 0.15) is 10.5 Å². The van der Waals surface area contributed by atoms with E-state index in [1.807, 2.05) is 0 Å². The molecule has 0 saturated heterocycles. The number of aromatic nitrogens is 1. The van der Waals surface area contributed by atoms with Gasteiger partial charge in [0.2, 0.25) is 0 Å². The molecule has 4 nitrogen and oxygen atoms in total. The second kappa shape index (κ2) is 2.84. The van der Waals surface area contributed by atoms with Crippen LogP contribution >= 0.6 is 11.6 Å². The van der Waals surface area contributed by atoms with Crippen LogP contribution in [0.25, 0.3) is 0 Å². The number of aromatic amines is 1. The Morgan fingerprint density at radius 3 is 2.82 bits per heavy atom. The van der Waals surface area contributed by atoms with Gasteiger partial charge in [0.25, 0.3) is 0 Å². The highest BCUT2D eigenvalue weighted by molar-refractivity contribution is 6.33. The Labute approximate surface area is 68.3 Å². The van der Waals surface area contributed by atoms with Crippen LogP contribution in [0.4, 0.5) is 5.69 Å². The predicted octanol–water partition coefficient (Wildman–Crippen LogP) is 1.04. The molecule has 1 heterocycles. The van der Waals surface area contributed by atoms with Gasteiger partial charge in [0.05, 0.1) is 17.8 Å². The van der Waals surface area contributed by atoms with E-state index in [2.05, 4.69) is 9.72 Å². The number of ether oxygens (including phenoxy) is 1. The Balaban J connectivity index is 3.04. The van der Waals surface area contributed by atoms with Crippen LogP contribution < -0.4 is 5.73 Å². The van der Waals surface area contributed by atoms with Crippen molar-refractivity contribution in [2.24, 2.45) is 0 Å². The van der Waals surface area contributed by atoms with E-state index in [0.717, 1.165) is 0 Å². The first-order chi connectivity index (χ1) is 5.16. The van der Waals surface area contributed by atoms with E-state index < -0.39 is 5.97 Å². The summed E-state index contributed by atoms with van der Waals surface area (Å²) in [5.41, 5.74) is 5.83. The molecular weight excluding hydrogens is 168 g/mol. The number of carbonyl (C=O) groups excluding carboxylic acids is 1. The molecule has 0 aliphatic rings. The Morgan fingerprint density at radius 1 is 1.82 bits per heavy atom. The van der Waals surface area contributed by atoms with Gasteiger partial charge < -0.3 is 15.5 Å². The van der Waals surface area contributed by atoms with Crippen LogP contribution in [-0.2, 0) is 4.74 Å². The minimum atomic E-state index is -0.519. The molecule has 0 bridgehead atoms. The highest BCUT2D eigenvalue weighted by Crippen LogP contribution is 2.21. The van der Waals surface area contributed by atoms with Crippen molar-refractivity contribution in [2.75, 3.05) is 12.8 Å². The number of nitrogens with two attached hydrogens (primary N) is 1. The van der Waals surface area contributed by atoms with Crippen molar-refractivity contribution in [3.8, 4) is 0 Å². The van der Waals surface area contributed by atoms with Crippen LogP contribution in [0, 0.1) is 0 Å². The van der Waals surface area contributed by atoms with Gasteiger partial charge in [-0.1, -0.05) is 11.6 Å². The van der Waals surface area contributed by atoms with E-state index in [4.69, 9.17) is 17.3 Å². The summed E-state index contributed by atoms with van der Waals surface area (Å²) in [6.45, 7) is 0. The molecule has 11 heavy (non-hydrogen) atoms. The predicted molar refractivity (Wildman–Crippen MR) is 41.6 cm³/mol. The SMILES string of the molecule is COC(=O)c1[nH]cc(Cl)c1N. The van der Waals surface area contributed by atoms with Crippen molar-refractivity contribution >= 4 is 23.3 Å². The topological polar surface area (TPSA) is 68.1 Å². The van der Waals surface area contributed by atoms with E-state index in [1.165, 1.54) is 13.3 Å². The first kappa shape index (κ1) is 7.94. The van der Waals surface area contributed by atoms with Gasteiger partial charge in [0.1, 0.15) is 5.69 Å². The number of nitrogens with one attached hydrogen (secondary N) is 1. The maximum atomic E-state index is 10.9. The minimum Gasteiger partial charge on any atom is -0.464 e. The van der Waals surface area contributed by atoms with Gasteiger partial charge in [-0.05, 0) is 0 Å². The van der Waals surface area contributed by atoms with Crippen molar-refractivity contribution in [3.05, 3.63) is 16.9 Å². The van der Waals surface area contributed by atoms with Gasteiger partial charge in [-0.25, -0.2) is 4.79 Å². The molecule has 0 amide bonds. The maximum absolute atomic E-state index is 10.9. The lowest BCUT2D eigenvalue weighted by atomic mass is 10.4. The summed E-state index contributed by atoms with van der Waals surface area (Å²) in [4.78, 5) is 13.4. The van der Waals surface area contributed by atoms with Crippen molar-refractivity contribution in [1.29, 1.82) is 0 Å². The lowest BCUT2D eigenvalue weighted by molar-refractivity contribution is 0.0596. The fourth-order valence-corrected chi connectivity index (χ4v) is 0.830. The normalized spacial score (nSPS) is 9.64. The average Bonchev–Trinajstić information content (AvgIpc) is 2.32. The minimum absolute atomic E-state index is 0.192. The van der Waals surface area contributed by atoms with Crippen LogP contribution in [0.5, 0.6) is 0 Å². The number of H-pyrrole nitrogens is 1. The summed E-state index contributed by atoms with van der Waals surface area (Å²) in [7, 11) is 1.27. The molecule has 3 N–H and O–H groups in total. The second-order valence-corrected chi connectivity index (χ2v) is 2.32. The molecule has 0 aliphatic heterocycles. The average molecular weight is 175 g/mol. The highest BCUT2D eigenvalue weighted by Gasteiger charge is 2.13. The fourth-order valence-electron chi connectivity index (χ4n) is 0.681. The Morgan fingerprint density at radius 2 is 2.45 bits per heavy atom. The third kappa shape index (κ3) is 1.30. The molecule has 1 aromatic rings. The zero-order chi connectivity index (χ0) is 8.43. The summed E-state index contributed by atoms with van der Waals surface area (Å²) in [5, 5.41) is 0.324. The lowest BCUT2D eigenvalue weighted by Gasteiger charge is -1.95. The summed E-state index contributed by atoms with van der Waals surface area (Å²) >= 11 is 5.57. The van der Waals surface area contributed by atoms with E-state index in [0.29, 0.717) is 5.02 Å². The second-order valence-electron chi connectivity index (χ2n) is 1.92. The number of hydrogen-bond donors (Lipinski definition) is 2. The number of methoxy groups -OCH3 is 1. The van der Waals surface area contributed by atoms with Gasteiger partial charge in [-0.2, -0.15) is 0 Å². The molecule has 1 aromatic heterocycles. The van der Waals surface area contributed by atoms with E-state index in [1.54, 1.807) is 0 Å². The lowest BCUT2D eigenvalue weighted by Crippen LogP contribution is -2.04. The molecule has 1 rings (SSSR count). The molecule has 0 radical (unpaired) electrons. The zero-order valence-corrected chi connectivity index (χ0v) is 6.61. The van der Waals surface area contributed by atoms with Crippen LogP contribution in [0.2, 0.25) is 5.02 Å². The smallest absolute Gasteiger partial charge is 0.356 e. The first-order valence-electron chi connectivity index (χ1n) is 2.87. The van der Waals surface area contributed by atoms with Gasteiger partial charge in [0.15, 0.2) is 0 Å². The number of anilines is 1. The van der Waals surface area contributed by atoms with Gasteiger partial charge in [-0.15, -0.1) is 0 Å². The van der Waals surface area contributed by atoms with Gasteiger partial charge >= 0.3 is 5.97 Å². The number of nitrogen functional groups attached to an aromatic ring is 1. The Hall–Kier alpha value is -1.16. The molecule has 0 saturated carbocycles. The summed E-state index contributed by atoms with van der Waals surface area (Å²) in [6.07, 6.45) is 1.43. The fraction of sp³-hybridized carbons (Fsp3) is 0.167. The van der Waals surface area contributed by atoms with Crippen molar-refractivity contribution < 1.29 is 9.53 Å². The quantitative estimate of drug-likeness (QED) is 0.625. The first-order valence-corrected chi connectivity index (χ1v) is 3.25. The Kier molecular flexibility index (Phi) is 2.05. The van der Waals surface area contributed by atoms with Gasteiger partial charge in [0, 0.05) is 6.20 Å². The zero-order valence-electron chi connectivity index (χ0n) is 5.85. The molecule has 0 spiro atoms. The standard InChI is InChI=1S/C6H7ClN2O2/c1-11-6(10)5-4(8)3(7)2-9-5/h2,9H,8H2,1H3. The largest absolute Gasteiger partial charge is 0.464 e. The molecule has 0 aromatic carbocycles. The van der Waals surface area contributed by atoms with Crippen molar-refractivity contribution in [1.82, 2.24) is 4.98 Å². The number of carbonyl (C=O) groups is 1. The summed E-state index contributed by atoms with van der Waals surface area (Å²) in [5.74, 6) is -0.519. The molecule has 0 fully saturated rings. The molecule has 0 aliphatic carbocycles. The van der Waals surface area contributed by atoms with Crippen LogP contribution in [0.15, 0.2) is 6.20 Å². The number of hydrogen-bond acceptors (Lipinski definition) is 3. The molecule has 0 atom stereocenters. The molecule has 5 heteroatoms. The molecular formula is C6H7ClN2O2. The third-order valence-electron chi connectivity index (χ3n) is 1.26. The molecule has 0 unspecified atom stereocenters. The van der Waals surface area contributed by atoms with E-state index in [-0.39, 0.29) is 11.4 Å². The van der Waals surface area contributed by atoms with Gasteiger partial charge in [-0.3, -0.25) is 0 Å². The maximum Gasteiger partial charge on any atom is 0.356 e. The van der Waals surface area contributed by atoms with E-state index >= 15 is 0 Å².